The highest BCUT2D eigenvalue weighted by molar-refractivity contribution is 5.92. The third-order valence-corrected chi connectivity index (χ3v) is 2.39. The van der Waals surface area contributed by atoms with E-state index in [1.165, 1.54) is 12.1 Å². The minimum atomic E-state index is -1.21. The van der Waals surface area contributed by atoms with Crippen LogP contribution in [0.15, 0.2) is 18.2 Å². The minimum Gasteiger partial charge on any atom is -0.478 e. The molecule has 0 spiro atoms. The summed E-state index contributed by atoms with van der Waals surface area (Å²) in [6, 6.07) is 3.35. The van der Waals surface area contributed by atoms with E-state index in [0.717, 1.165) is 6.07 Å². The zero-order valence-corrected chi connectivity index (χ0v) is 10.6. The van der Waals surface area contributed by atoms with Gasteiger partial charge in [0.15, 0.2) is 0 Å². The number of aromatic carboxylic acids is 1. The first-order valence-corrected chi connectivity index (χ1v) is 5.95. The molecule has 104 valence electrons. The number of hydrogen-bond donors (Lipinski definition) is 2. The van der Waals surface area contributed by atoms with E-state index in [4.69, 9.17) is 9.84 Å². The second-order valence-corrected chi connectivity index (χ2v) is 3.85. The summed E-state index contributed by atoms with van der Waals surface area (Å²) in [7, 11) is 0. The van der Waals surface area contributed by atoms with Crippen LogP contribution in [0.5, 0.6) is 0 Å². The fourth-order valence-electron chi connectivity index (χ4n) is 1.44. The number of benzene rings is 1. The first-order valence-electron chi connectivity index (χ1n) is 5.95. The van der Waals surface area contributed by atoms with Gasteiger partial charge in [-0.25, -0.2) is 9.18 Å². The summed E-state index contributed by atoms with van der Waals surface area (Å²) < 4.78 is 18.6. The number of ether oxygens (including phenoxy) is 1. The summed E-state index contributed by atoms with van der Waals surface area (Å²) in [5, 5.41) is 11.1. The molecule has 0 aromatic heterocycles. The van der Waals surface area contributed by atoms with Gasteiger partial charge in [0, 0.05) is 19.6 Å². The number of anilines is 1. The number of halogens is 1. The van der Waals surface area contributed by atoms with Crippen molar-refractivity contribution in [3.63, 3.8) is 0 Å². The van der Waals surface area contributed by atoms with Crippen molar-refractivity contribution in [3.8, 4) is 0 Å². The van der Waals surface area contributed by atoms with Gasteiger partial charge in [0.25, 0.3) is 0 Å². The third kappa shape index (κ3) is 5.05. The molecular formula is C13H16FNO4. The third-order valence-electron chi connectivity index (χ3n) is 2.39. The summed E-state index contributed by atoms with van der Waals surface area (Å²) >= 11 is 0. The largest absolute Gasteiger partial charge is 0.478 e. The van der Waals surface area contributed by atoms with E-state index in [1.54, 1.807) is 0 Å². The van der Waals surface area contributed by atoms with Gasteiger partial charge >= 0.3 is 5.97 Å². The second-order valence-electron chi connectivity index (χ2n) is 3.85. The summed E-state index contributed by atoms with van der Waals surface area (Å²) in [5.41, 5.74) is -0.182. The lowest BCUT2D eigenvalue weighted by Crippen LogP contribution is -2.13. The van der Waals surface area contributed by atoms with Crippen LogP contribution >= 0.6 is 0 Å². The standard InChI is InChI=1S/C13H16FNO4/c1-2-19-7-3-4-12(16)15-11-6-5-9(13(17)18)8-10(11)14/h5-6,8H,2-4,7H2,1H3,(H,15,16)(H,17,18). The summed E-state index contributed by atoms with van der Waals surface area (Å²) in [6.45, 7) is 2.93. The highest BCUT2D eigenvalue weighted by atomic mass is 19.1. The van der Waals surface area contributed by atoms with Gasteiger partial charge in [0.05, 0.1) is 11.3 Å². The Labute approximate surface area is 110 Å². The van der Waals surface area contributed by atoms with Crippen LogP contribution in [0.3, 0.4) is 0 Å². The molecule has 0 bridgehead atoms. The molecule has 0 saturated carbocycles. The summed E-state index contributed by atoms with van der Waals surface area (Å²) in [4.78, 5) is 22.1. The number of carboxylic acids is 1. The van der Waals surface area contributed by atoms with Crippen molar-refractivity contribution in [1.82, 2.24) is 0 Å². The topological polar surface area (TPSA) is 75.6 Å². The first-order chi connectivity index (χ1) is 9.04. The van der Waals surface area contributed by atoms with Crippen molar-refractivity contribution < 1.29 is 23.8 Å². The Morgan fingerprint density at radius 3 is 2.74 bits per heavy atom. The van der Waals surface area contributed by atoms with E-state index < -0.39 is 11.8 Å². The molecule has 0 aliphatic heterocycles. The Hall–Kier alpha value is -1.95. The van der Waals surface area contributed by atoms with Crippen molar-refractivity contribution in [2.24, 2.45) is 0 Å². The average molecular weight is 269 g/mol. The van der Waals surface area contributed by atoms with Crippen LogP contribution in [0.25, 0.3) is 0 Å². The van der Waals surface area contributed by atoms with E-state index in [0.29, 0.717) is 19.6 Å². The average Bonchev–Trinajstić information content (AvgIpc) is 2.37. The van der Waals surface area contributed by atoms with Crippen LogP contribution in [0, 0.1) is 5.82 Å². The molecule has 2 N–H and O–H groups in total. The molecule has 0 atom stereocenters. The Kier molecular flexibility index (Phi) is 5.95. The van der Waals surface area contributed by atoms with Crippen molar-refractivity contribution in [2.75, 3.05) is 18.5 Å². The van der Waals surface area contributed by atoms with Gasteiger partial charge in [-0.15, -0.1) is 0 Å². The molecule has 0 radical (unpaired) electrons. The zero-order chi connectivity index (χ0) is 14.3. The molecule has 0 unspecified atom stereocenters. The molecule has 0 fully saturated rings. The Bertz CT molecular complexity index is 462. The maximum Gasteiger partial charge on any atom is 0.335 e. The van der Waals surface area contributed by atoms with E-state index in [9.17, 15) is 14.0 Å². The molecule has 5 nitrogen and oxygen atoms in total. The lowest BCUT2D eigenvalue weighted by molar-refractivity contribution is -0.116. The minimum absolute atomic E-state index is 0.0218. The van der Waals surface area contributed by atoms with Crippen LogP contribution < -0.4 is 5.32 Å². The van der Waals surface area contributed by atoms with E-state index in [-0.39, 0.29) is 23.6 Å². The summed E-state index contributed by atoms with van der Waals surface area (Å²) in [5.74, 6) is -2.31. The number of amides is 1. The molecule has 0 aliphatic carbocycles. The van der Waals surface area contributed by atoms with E-state index >= 15 is 0 Å². The van der Waals surface area contributed by atoms with Crippen LogP contribution in [0.2, 0.25) is 0 Å². The van der Waals surface area contributed by atoms with Gasteiger partial charge in [-0.05, 0) is 31.5 Å². The highest BCUT2D eigenvalue weighted by Gasteiger charge is 2.10. The van der Waals surface area contributed by atoms with E-state index in [2.05, 4.69) is 5.32 Å². The number of carbonyl (C=O) groups is 2. The van der Waals surface area contributed by atoms with Crippen LogP contribution in [-0.2, 0) is 9.53 Å². The van der Waals surface area contributed by atoms with Gasteiger partial charge in [-0.3, -0.25) is 4.79 Å². The number of rotatable bonds is 7. The number of carbonyl (C=O) groups excluding carboxylic acids is 1. The quantitative estimate of drug-likeness (QED) is 0.744. The lowest BCUT2D eigenvalue weighted by Gasteiger charge is -2.07. The van der Waals surface area contributed by atoms with Crippen LogP contribution in [0.4, 0.5) is 10.1 Å². The van der Waals surface area contributed by atoms with Crippen molar-refractivity contribution >= 4 is 17.6 Å². The van der Waals surface area contributed by atoms with Crippen molar-refractivity contribution in [2.45, 2.75) is 19.8 Å². The van der Waals surface area contributed by atoms with E-state index in [1.807, 2.05) is 6.92 Å². The molecule has 1 aromatic carbocycles. The maximum absolute atomic E-state index is 13.5. The van der Waals surface area contributed by atoms with Crippen LogP contribution in [0.1, 0.15) is 30.1 Å². The van der Waals surface area contributed by atoms with Gasteiger partial charge in [-0.2, -0.15) is 0 Å². The highest BCUT2D eigenvalue weighted by Crippen LogP contribution is 2.16. The zero-order valence-electron chi connectivity index (χ0n) is 10.6. The van der Waals surface area contributed by atoms with Crippen molar-refractivity contribution in [3.05, 3.63) is 29.6 Å². The van der Waals surface area contributed by atoms with Crippen LogP contribution in [-0.4, -0.2) is 30.2 Å². The lowest BCUT2D eigenvalue weighted by atomic mass is 10.2. The molecule has 0 aliphatic rings. The predicted octanol–water partition coefficient (Wildman–Crippen LogP) is 2.28. The molecule has 0 saturated heterocycles. The first kappa shape index (κ1) is 15.1. The second kappa shape index (κ2) is 7.48. The fourth-order valence-corrected chi connectivity index (χ4v) is 1.44. The Morgan fingerprint density at radius 1 is 1.42 bits per heavy atom. The number of nitrogens with one attached hydrogen (secondary N) is 1. The van der Waals surface area contributed by atoms with Gasteiger partial charge in [0.1, 0.15) is 5.82 Å². The summed E-state index contributed by atoms with van der Waals surface area (Å²) in [6.07, 6.45) is 0.772. The monoisotopic (exact) mass is 269 g/mol. The molecule has 0 heterocycles. The molecule has 6 heteroatoms. The number of carboxylic acid groups (broad SMARTS) is 1. The maximum atomic E-state index is 13.5. The normalized spacial score (nSPS) is 10.2. The molecule has 19 heavy (non-hydrogen) atoms. The molecule has 1 aromatic rings. The SMILES string of the molecule is CCOCCCC(=O)Nc1ccc(C(=O)O)cc1F. The van der Waals surface area contributed by atoms with Gasteiger partial charge in [-0.1, -0.05) is 0 Å². The molecule has 1 amide bonds. The smallest absolute Gasteiger partial charge is 0.335 e. The Balaban J connectivity index is 2.52. The van der Waals surface area contributed by atoms with Gasteiger partial charge < -0.3 is 15.2 Å². The van der Waals surface area contributed by atoms with Crippen molar-refractivity contribution in [1.29, 1.82) is 0 Å². The predicted molar refractivity (Wildman–Crippen MR) is 67.7 cm³/mol. The molecule has 1 rings (SSSR count). The Morgan fingerprint density at radius 2 is 2.16 bits per heavy atom. The number of hydrogen-bond acceptors (Lipinski definition) is 3. The fraction of sp³-hybridized carbons (Fsp3) is 0.385. The molecular weight excluding hydrogens is 253 g/mol. The van der Waals surface area contributed by atoms with Gasteiger partial charge in [0.2, 0.25) is 5.91 Å².